The van der Waals surface area contributed by atoms with Gasteiger partial charge in [-0.2, -0.15) is 5.26 Å². The van der Waals surface area contributed by atoms with Crippen LogP contribution in [0.2, 0.25) is 5.02 Å². The second-order valence-electron chi connectivity index (χ2n) is 4.70. The fourth-order valence-corrected chi connectivity index (χ4v) is 2.44. The van der Waals surface area contributed by atoms with Crippen LogP contribution in [0.3, 0.4) is 0 Å². The zero-order chi connectivity index (χ0) is 16.9. The largest absolute Gasteiger partial charge is 0.467 e. The molecule has 0 N–H and O–H groups in total. The van der Waals surface area contributed by atoms with Crippen LogP contribution in [0.5, 0.6) is 0 Å². The number of methoxy groups -OCH3 is 1. The molecule has 1 aromatic rings. The Kier molecular flexibility index (Phi) is 6.20. The zero-order valence-electron chi connectivity index (χ0n) is 12.8. The van der Waals surface area contributed by atoms with Gasteiger partial charge in [0.25, 0.3) is 6.47 Å². The molecule has 2 atom stereocenters. The van der Waals surface area contributed by atoms with Gasteiger partial charge in [0.1, 0.15) is 12.2 Å². The van der Waals surface area contributed by atoms with Gasteiger partial charge < -0.3 is 14.4 Å². The van der Waals surface area contributed by atoms with Crippen LogP contribution in [0.25, 0.3) is 0 Å². The minimum atomic E-state index is -0.835. The molecule has 0 saturated carbocycles. The molecule has 6 nitrogen and oxygen atoms in total. The van der Waals surface area contributed by atoms with Gasteiger partial charge in [-0.15, -0.1) is 0 Å². The molecular formula is C15H17ClN2O4. The van der Waals surface area contributed by atoms with E-state index in [9.17, 15) is 9.59 Å². The number of nitrogens with zero attached hydrogens (tertiary/aromatic N) is 2. The summed E-state index contributed by atoms with van der Waals surface area (Å²) < 4.78 is 9.65. The first-order chi connectivity index (χ1) is 10.4. The molecular weight excluding hydrogens is 308 g/mol. The van der Waals surface area contributed by atoms with Gasteiger partial charge in [0, 0.05) is 12.7 Å². The summed E-state index contributed by atoms with van der Waals surface area (Å²) in [5.74, 6) is -0.545. The Bertz CT molecular complexity index is 612. The van der Waals surface area contributed by atoms with Gasteiger partial charge in [0.05, 0.1) is 17.7 Å². The van der Waals surface area contributed by atoms with E-state index in [-0.39, 0.29) is 6.47 Å². The third kappa shape index (κ3) is 3.49. The number of likely N-dealkylation sites (N-methyl/N-ethyl adjacent to an activating group) is 1. The van der Waals surface area contributed by atoms with Crippen LogP contribution in [0.15, 0.2) is 12.1 Å². The van der Waals surface area contributed by atoms with E-state index in [1.54, 1.807) is 37.9 Å². The standard InChI is InChI=1S/C15H17ClN2O4/c1-9-12(6-5-11(7-17)13(9)16)18(3)14(15(20)21-4)10(2)22-8-19/h5-6,8,10,14H,1-4H3. The molecule has 1 rings (SSSR count). The first-order valence-corrected chi connectivity index (χ1v) is 6.85. The normalized spacial score (nSPS) is 12.7. The van der Waals surface area contributed by atoms with Gasteiger partial charge >= 0.3 is 5.97 Å². The molecule has 0 heterocycles. The maximum absolute atomic E-state index is 12.0. The Balaban J connectivity index is 3.28. The Labute approximate surface area is 134 Å². The van der Waals surface area contributed by atoms with Gasteiger partial charge in [0.15, 0.2) is 6.04 Å². The highest BCUT2D eigenvalue weighted by molar-refractivity contribution is 6.32. The van der Waals surface area contributed by atoms with Crippen molar-refractivity contribution in [3.8, 4) is 6.07 Å². The summed E-state index contributed by atoms with van der Waals surface area (Å²) in [6.45, 7) is 3.62. The van der Waals surface area contributed by atoms with Gasteiger partial charge in [0.2, 0.25) is 0 Å². The lowest BCUT2D eigenvalue weighted by Crippen LogP contribution is -2.48. The van der Waals surface area contributed by atoms with Crippen molar-refractivity contribution in [3.05, 3.63) is 28.3 Å². The molecule has 0 aliphatic carbocycles. The summed E-state index contributed by atoms with van der Waals surface area (Å²) >= 11 is 6.15. The second kappa shape index (κ2) is 7.66. The number of anilines is 1. The van der Waals surface area contributed by atoms with Gasteiger partial charge in [-0.05, 0) is 31.5 Å². The minimum absolute atomic E-state index is 0.285. The Morgan fingerprint density at radius 3 is 2.64 bits per heavy atom. The number of halogens is 1. The van der Waals surface area contributed by atoms with Crippen molar-refractivity contribution in [2.45, 2.75) is 26.0 Å². The lowest BCUT2D eigenvalue weighted by atomic mass is 10.1. The van der Waals surface area contributed by atoms with E-state index in [0.29, 0.717) is 21.8 Å². The van der Waals surface area contributed by atoms with Crippen molar-refractivity contribution in [2.24, 2.45) is 0 Å². The van der Waals surface area contributed by atoms with Crippen LogP contribution in [-0.4, -0.2) is 38.7 Å². The maximum atomic E-state index is 12.0. The minimum Gasteiger partial charge on any atom is -0.467 e. The number of rotatable bonds is 6. The van der Waals surface area contributed by atoms with E-state index < -0.39 is 18.1 Å². The number of carbonyl (C=O) groups is 2. The quantitative estimate of drug-likeness (QED) is 0.588. The Morgan fingerprint density at radius 2 is 2.14 bits per heavy atom. The average Bonchev–Trinajstić information content (AvgIpc) is 2.50. The molecule has 0 fully saturated rings. The fourth-order valence-electron chi connectivity index (χ4n) is 2.24. The van der Waals surface area contributed by atoms with Crippen molar-refractivity contribution < 1.29 is 19.1 Å². The van der Waals surface area contributed by atoms with Gasteiger partial charge in [-0.3, -0.25) is 4.79 Å². The average molecular weight is 325 g/mol. The molecule has 22 heavy (non-hydrogen) atoms. The lowest BCUT2D eigenvalue weighted by Gasteiger charge is -2.32. The lowest BCUT2D eigenvalue weighted by molar-refractivity contribution is -0.148. The van der Waals surface area contributed by atoms with Crippen LogP contribution >= 0.6 is 11.6 Å². The van der Waals surface area contributed by atoms with Crippen LogP contribution in [-0.2, 0) is 19.1 Å². The molecule has 0 aliphatic rings. The first-order valence-electron chi connectivity index (χ1n) is 6.48. The number of esters is 1. The molecule has 0 aromatic heterocycles. The molecule has 7 heteroatoms. The number of carbonyl (C=O) groups excluding carboxylic acids is 2. The van der Waals surface area contributed by atoms with Crippen molar-refractivity contribution in [2.75, 3.05) is 19.1 Å². The molecule has 0 saturated heterocycles. The SMILES string of the molecule is COC(=O)C(C(C)OC=O)N(C)c1ccc(C#N)c(Cl)c1C. The third-order valence-electron chi connectivity index (χ3n) is 3.43. The van der Waals surface area contributed by atoms with E-state index in [0.717, 1.165) is 0 Å². The Hall–Kier alpha value is -2.26. The topological polar surface area (TPSA) is 79.6 Å². The van der Waals surface area contributed by atoms with Crippen LogP contribution < -0.4 is 4.90 Å². The van der Waals surface area contributed by atoms with Gasteiger partial charge in [-0.25, -0.2) is 4.79 Å². The summed E-state index contributed by atoms with van der Waals surface area (Å²) in [5, 5.41) is 9.30. The van der Waals surface area contributed by atoms with E-state index in [1.165, 1.54) is 7.11 Å². The first kappa shape index (κ1) is 17.8. The molecule has 118 valence electrons. The van der Waals surface area contributed by atoms with Gasteiger partial charge in [-0.1, -0.05) is 11.6 Å². The number of ether oxygens (including phenoxy) is 2. The summed E-state index contributed by atoms with van der Waals surface area (Å²) in [7, 11) is 2.92. The summed E-state index contributed by atoms with van der Waals surface area (Å²) in [6, 6.07) is 4.41. The second-order valence-corrected chi connectivity index (χ2v) is 5.08. The van der Waals surface area contributed by atoms with E-state index >= 15 is 0 Å². The molecule has 2 unspecified atom stereocenters. The highest BCUT2D eigenvalue weighted by Gasteiger charge is 2.32. The monoisotopic (exact) mass is 324 g/mol. The summed E-state index contributed by atoms with van der Waals surface area (Å²) in [6.07, 6.45) is -0.719. The van der Waals surface area contributed by atoms with E-state index in [4.69, 9.17) is 26.3 Å². The number of nitriles is 1. The predicted molar refractivity (Wildman–Crippen MR) is 81.7 cm³/mol. The van der Waals surface area contributed by atoms with Crippen molar-refractivity contribution in [1.82, 2.24) is 0 Å². The Morgan fingerprint density at radius 1 is 1.50 bits per heavy atom. The van der Waals surface area contributed by atoms with Crippen LogP contribution in [0.4, 0.5) is 5.69 Å². The molecule has 0 aliphatic heterocycles. The number of benzene rings is 1. The fraction of sp³-hybridized carbons (Fsp3) is 0.400. The van der Waals surface area contributed by atoms with E-state index in [2.05, 4.69) is 0 Å². The van der Waals surface area contributed by atoms with Crippen LogP contribution in [0, 0.1) is 18.3 Å². The highest BCUT2D eigenvalue weighted by atomic mass is 35.5. The molecule has 1 aromatic carbocycles. The molecule has 0 amide bonds. The summed E-state index contributed by atoms with van der Waals surface area (Å²) in [5.41, 5.74) is 1.64. The predicted octanol–water partition coefficient (Wildman–Crippen LogP) is 2.06. The highest BCUT2D eigenvalue weighted by Crippen LogP contribution is 2.31. The van der Waals surface area contributed by atoms with Crippen molar-refractivity contribution in [1.29, 1.82) is 5.26 Å². The number of hydrogen-bond acceptors (Lipinski definition) is 6. The molecule has 0 radical (unpaired) electrons. The maximum Gasteiger partial charge on any atom is 0.332 e. The summed E-state index contributed by atoms with van der Waals surface area (Å²) in [4.78, 5) is 24.2. The van der Waals surface area contributed by atoms with Crippen molar-refractivity contribution in [3.63, 3.8) is 0 Å². The molecule has 0 spiro atoms. The van der Waals surface area contributed by atoms with Crippen molar-refractivity contribution >= 4 is 29.7 Å². The number of hydrogen-bond donors (Lipinski definition) is 0. The van der Waals surface area contributed by atoms with E-state index in [1.807, 2.05) is 6.07 Å². The zero-order valence-corrected chi connectivity index (χ0v) is 13.5. The third-order valence-corrected chi connectivity index (χ3v) is 3.92. The molecule has 0 bridgehead atoms. The smallest absolute Gasteiger partial charge is 0.332 e. The van der Waals surface area contributed by atoms with Crippen LogP contribution in [0.1, 0.15) is 18.1 Å².